The number of fused-ring (bicyclic) bond motifs is 1. The Morgan fingerprint density at radius 2 is 1.97 bits per heavy atom. The second-order valence-electron chi connectivity index (χ2n) is 6.76. The van der Waals surface area contributed by atoms with Crippen molar-refractivity contribution in [1.29, 1.82) is 0 Å². The van der Waals surface area contributed by atoms with Crippen LogP contribution in [0.15, 0.2) is 71.3 Å². The fourth-order valence-electron chi connectivity index (χ4n) is 3.24. The highest BCUT2D eigenvalue weighted by Gasteiger charge is 2.22. The van der Waals surface area contributed by atoms with Gasteiger partial charge in [-0.15, -0.1) is 0 Å². The highest BCUT2D eigenvalue weighted by atomic mass is 35.5. The Balaban J connectivity index is 1.51. The van der Waals surface area contributed by atoms with Gasteiger partial charge < -0.3 is 19.8 Å². The van der Waals surface area contributed by atoms with Crippen LogP contribution in [-0.4, -0.2) is 28.2 Å². The molecule has 0 saturated carbocycles. The lowest BCUT2D eigenvalue weighted by Crippen LogP contribution is -2.25. The van der Waals surface area contributed by atoms with Gasteiger partial charge in [0.15, 0.2) is 12.4 Å². The van der Waals surface area contributed by atoms with Gasteiger partial charge in [-0.2, -0.15) is 5.10 Å². The van der Waals surface area contributed by atoms with E-state index in [0.717, 1.165) is 0 Å². The molecule has 2 N–H and O–H groups in total. The first kappa shape index (κ1) is 19.0. The summed E-state index contributed by atoms with van der Waals surface area (Å²) < 4.78 is 12.4. The van der Waals surface area contributed by atoms with Gasteiger partial charge in [0.1, 0.15) is 17.1 Å². The number of ether oxygens (including phenoxy) is 1. The van der Waals surface area contributed by atoms with Crippen molar-refractivity contribution >= 4 is 34.8 Å². The highest BCUT2D eigenvalue weighted by Crippen LogP contribution is 2.36. The first-order valence-corrected chi connectivity index (χ1v) is 9.73. The van der Waals surface area contributed by atoms with Crippen molar-refractivity contribution in [3.8, 4) is 22.9 Å². The molecule has 0 aliphatic carbocycles. The minimum absolute atomic E-state index is 0.102. The van der Waals surface area contributed by atoms with E-state index in [4.69, 9.17) is 20.8 Å². The van der Waals surface area contributed by atoms with Crippen LogP contribution in [0.2, 0.25) is 5.02 Å². The molecule has 0 unspecified atom stereocenters. The number of hydrogen-bond acceptors (Lipinski definition) is 5. The minimum Gasteiger partial charge on any atom is -0.482 e. The summed E-state index contributed by atoms with van der Waals surface area (Å²) in [6.45, 7) is -0.102. The number of benzene rings is 2. The summed E-state index contributed by atoms with van der Waals surface area (Å²) in [6, 6.07) is 17.6. The number of furan rings is 1. The molecular formula is C22H15ClN4O4. The molecule has 0 fully saturated rings. The maximum Gasteiger partial charge on any atom is 0.274 e. The van der Waals surface area contributed by atoms with Crippen LogP contribution in [0.4, 0.5) is 11.4 Å². The summed E-state index contributed by atoms with van der Waals surface area (Å²) in [5.74, 6) is 0.278. The number of para-hydroxylation sites is 1. The number of hydrogen-bond donors (Lipinski definition) is 2. The van der Waals surface area contributed by atoms with Crippen LogP contribution in [-0.2, 0) is 4.79 Å². The van der Waals surface area contributed by atoms with Crippen LogP contribution < -0.4 is 15.4 Å². The third-order valence-corrected chi connectivity index (χ3v) is 4.98. The van der Waals surface area contributed by atoms with Gasteiger partial charge in [-0.1, -0.05) is 29.8 Å². The van der Waals surface area contributed by atoms with Crippen molar-refractivity contribution in [2.75, 3.05) is 17.2 Å². The molecule has 1 aliphatic heterocycles. The third-order valence-electron chi connectivity index (χ3n) is 4.67. The fraction of sp³-hybridized carbons (Fsp3) is 0.0455. The minimum atomic E-state index is -0.421. The molecule has 0 radical (unpaired) electrons. The fourth-order valence-corrected chi connectivity index (χ4v) is 3.45. The zero-order chi connectivity index (χ0) is 21.4. The van der Waals surface area contributed by atoms with Crippen molar-refractivity contribution in [1.82, 2.24) is 9.78 Å². The number of nitrogens with one attached hydrogen (secondary N) is 2. The predicted molar refractivity (Wildman–Crippen MR) is 115 cm³/mol. The molecule has 1 aliphatic rings. The molecule has 0 bridgehead atoms. The lowest BCUT2D eigenvalue weighted by Gasteiger charge is -2.19. The quantitative estimate of drug-likeness (QED) is 0.497. The number of aromatic nitrogens is 2. The SMILES string of the molecule is O=C1COc2cc(NC(=O)c3cc(-c4ccco4)nn3-c3ccccc3)c(Cl)cc2N1. The van der Waals surface area contributed by atoms with Crippen molar-refractivity contribution in [2.45, 2.75) is 0 Å². The van der Waals surface area contributed by atoms with E-state index < -0.39 is 5.91 Å². The van der Waals surface area contributed by atoms with Crippen LogP contribution in [0.5, 0.6) is 5.75 Å². The number of amides is 2. The Kier molecular flexibility index (Phi) is 4.68. The number of rotatable bonds is 4. The summed E-state index contributed by atoms with van der Waals surface area (Å²) in [5.41, 5.74) is 2.32. The van der Waals surface area contributed by atoms with Gasteiger partial charge in [0, 0.05) is 12.1 Å². The van der Waals surface area contributed by atoms with Gasteiger partial charge in [-0.25, -0.2) is 4.68 Å². The van der Waals surface area contributed by atoms with Gasteiger partial charge in [0.2, 0.25) is 0 Å². The van der Waals surface area contributed by atoms with E-state index in [0.29, 0.717) is 40.0 Å². The maximum absolute atomic E-state index is 13.2. The Hall–Kier alpha value is -4.04. The van der Waals surface area contributed by atoms with Gasteiger partial charge in [0.05, 0.1) is 28.3 Å². The molecule has 8 nitrogen and oxygen atoms in total. The van der Waals surface area contributed by atoms with Gasteiger partial charge >= 0.3 is 0 Å². The van der Waals surface area contributed by atoms with Crippen molar-refractivity contribution < 1.29 is 18.7 Å². The predicted octanol–water partition coefficient (Wildman–Crippen LogP) is 4.37. The van der Waals surface area contributed by atoms with E-state index in [2.05, 4.69) is 15.7 Å². The first-order chi connectivity index (χ1) is 15.1. The summed E-state index contributed by atoms with van der Waals surface area (Å²) in [7, 11) is 0. The monoisotopic (exact) mass is 434 g/mol. The Labute approximate surface area is 181 Å². The lowest BCUT2D eigenvalue weighted by atomic mass is 10.2. The molecule has 4 aromatic rings. The van der Waals surface area contributed by atoms with Gasteiger partial charge in [-0.3, -0.25) is 9.59 Å². The number of carbonyl (C=O) groups is 2. The summed E-state index contributed by atoms with van der Waals surface area (Å²) in [5, 5.41) is 10.3. The normalized spacial score (nSPS) is 12.6. The number of halogens is 1. The molecule has 2 aromatic heterocycles. The zero-order valence-corrected chi connectivity index (χ0v) is 16.7. The first-order valence-electron chi connectivity index (χ1n) is 9.35. The zero-order valence-electron chi connectivity index (χ0n) is 16.0. The van der Waals surface area contributed by atoms with Gasteiger partial charge in [0.25, 0.3) is 11.8 Å². The standard InChI is InChI=1S/C22H15ClN4O4/c23-14-9-16-20(31-12-21(28)24-16)11-15(14)25-22(29)18-10-17(19-7-4-8-30-19)26-27(18)13-5-2-1-3-6-13/h1-11H,12H2,(H,24,28)(H,25,29). The van der Waals surface area contributed by atoms with Crippen molar-refractivity contribution in [3.63, 3.8) is 0 Å². The summed E-state index contributed by atoms with van der Waals surface area (Å²) in [4.78, 5) is 24.7. The second-order valence-corrected chi connectivity index (χ2v) is 7.17. The largest absolute Gasteiger partial charge is 0.482 e. The van der Waals surface area contributed by atoms with Crippen LogP contribution in [0.25, 0.3) is 17.1 Å². The van der Waals surface area contributed by atoms with Gasteiger partial charge in [-0.05, 0) is 30.3 Å². The second kappa shape index (κ2) is 7.66. The van der Waals surface area contributed by atoms with Crippen molar-refractivity contribution in [3.05, 3.63) is 77.6 Å². The average Bonchev–Trinajstić information content (AvgIpc) is 3.45. The molecule has 5 rings (SSSR count). The Bertz CT molecular complexity index is 1280. The smallest absolute Gasteiger partial charge is 0.274 e. The van der Waals surface area contributed by atoms with E-state index in [1.54, 1.807) is 30.5 Å². The molecule has 31 heavy (non-hydrogen) atoms. The van der Waals surface area contributed by atoms with E-state index in [9.17, 15) is 9.59 Å². The van der Waals surface area contributed by atoms with Crippen LogP contribution in [0, 0.1) is 0 Å². The van der Waals surface area contributed by atoms with E-state index in [1.165, 1.54) is 10.7 Å². The molecule has 2 aromatic carbocycles. The molecule has 0 saturated heterocycles. The molecule has 154 valence electrons. The molecule has 3 heterocycles. The molecule has 0 atom stereocenters. The molecular weight excluding hydrogens is 420 g/mol. The van der Waals surface area contributed by atoms with Crippen LogP contribution in [0.1, 0.15) is 10.5 Å². The summed E-state index contributed by atoms with van der Waals surface area (Å²) in [6.07, 6.45) is 1.54. The third kappa shape index (κ3) is 3.64. The highest BCUT2D eigenvalue weighted by molar-refractivity contribution is 6.34. The van der Waals surface area contributed by atoms with E-state index >= 15 is 0 Å². The Morgan fingerprint density at radius 1 is 1.13 bits per heavy atom. The number of anilines is 2. The Morgan fingerprint density at radius 3 is 2.74 bits per heavy atom. The molecule has 0 spiro atoms. The topological polar surface area (TPSA) is 98.4 Å². The molecule has 2 amide bonds. The van der Waals surface area contributed by atoms with E-state index in [-0.39, 0.29) is 17.5 Å². The van der Waals surface area contributed by atoms with E-state index in [1.807, 2.05) is 30.3 Å². The number of nitrogens with zero attached hydrogens (tertiary/aromatic N) is 2. The van der Waals surface area contributed by atoms with Crippen molar-refractivity contribution in [2.24, 2.45) is 0 Å². The lowest BCUT2D eigenvalue weighted by molar-refractivity contribution is -0.118. The number of carbonyl (C=O) groups excluding carboxylic acids is 2. The van der Waals surface area contributed by atoms with Crippen LogP contribution >= 0.6 is 11.6 Å². The van der Waals surface area contributed by atoms with Crippen LogP contribution in [0.3, 0.4) is 0 Å². The maximum atomic E-state index is 13.2. The summed E-state index contributed by atoms with van der Waals surface area (Å²) >= 11 is 6.32. The average molecular weight is 435 g/mol. The molecule has 9 heteroatoms.